The van der Waals surface area contributed by atoms with E-state index >= 15 is 0 Å². The number of aromatic carboxylic acids is 1. The molecular formula is C22H14O7. The van der Waals surface area contributed by atoms with Crippen molar-refractivity contribution in [1.82, 2.24) is 0 Å². The molecule has 3 N–H and O–H groups in total. The summed E-state index contributed by atoms with van der Waals surface area (Å²) in [5.41, 5.74) is 0.592. The molecule has 0 bridgehead atoms. The highest BCUT2D eigenvalue weighted by atomic mass is 16.6. The third-order valence-corrected chi connectivity index (χ3v) is 5.32. The predicted molar refractivity (Wildman–Crippen MR) is 99.7 cm³/mol. The van der Waals surface area contributed by atoms with E-state index in [0.29, 0.717) is 22.3 Å². The molecule has 0 aliphatic carbocycles. The molecule has 29 heavy (non-hydrogen) atoms. The van der Waals surface area contributed by atoms with Crippen LogP contribution in [0.5, 0.6) is 23.0 Å². The van der Waals surface area contributed by atoms with Crippen molar-refractivity contribution in [1.29, 1.82) is 0 Å². The Bertz CT molecular complexity index is 1190. The molecule has 0 atom stereocenters. The van der Waals surface area contributed by atoms with E-state index in [-0.39, 0.29) is 34.1 Å². The number of hydrogen-bond acceptors (Lipinski definition) is 6. The number of ether oxygens (including phenoxy) is 2. The van der Waals surface area contributed by atoms with Gasteiger partial charge in [0.25, 0.3) is 0 Å². The lowest BCUT2D eigenvalue weighted by Crippen LogP contribution is -2.33. The molecule has 3 aromatic rings. The summed E-state index contributed by atoms with van der Waals surface area (Å²) in [5, 5.41) is 29.4. The van der Waals surface area contributed by atoms with Crippen molar-refractivity contribution in [2.24, 2.45) is 0 Å². The fraction of sp³-hybridized carbons (Fsp3) is 0.0909. The number of aryl methyl sites for hydroxylation is 1. The Kier molecular flexibility index (Phi) is 3.25. The third-order valence-electron chi connectivity index (χ3n) is 5.32. The van der Waals surface area contributed by atoms with Crippen molar-refractivity contribution >= 4 is 11.9 Å². The quantitative estimate of drug-likeness (QED) is 0.543. The molecule has 0 unspecified atom stereocenters. The summed E-state index contributed by atoms with van der Waals surface area (Å²) in [5.74, 6) is -1.35. The molecule has 2 aliphatic heterocycles. The van der Waals surface area contributed by atoms with Gasteiger partial charge in [-0.25, -0.2) is 9.59 Å². The van der Waals surface area contributed by atoms with Crippen LogP contribution in [0.2, 0.25) is 0 Å². The molecule has 3 aromatic carbocycles. The molecule has 0 saturated heterocycles. The summed E-state index contributed by atoms with van der Waals surface area (Å²) in [7, 11) is 0. The van der Waals surface area contributed by atoms with E-state index in [0.717, 1.165) is 0 Å². The van der Waals surface area contributed by atoms with Crippen molar-refractivity contribution in [3.05, 3.63) is 81.9 Å². The number of carboxylic acid groups (broad SMARTS) is 1. The molecule has 0 amide bonds. The molecule has 5 rings (SSSR count). The molecule has 0 radical (unpaired) electrons. The number of benzene rings is 3. The first-order valence-electron chi connectivity index (χ1n) is 8.78. The van der Waals surface area contributed by atoms with Crippen molar-refractivity contribution in [2.45, 2.75) is 12.5 Å². The number of fused-ring (bicyclic) bond motifs is 6. The van der Waals surface area contributed by atoms with Crippen LogP contribution in [0.1, 0.15) is 43.0 Å². The topological polar surface area (TPSA) is 113 Å². The van der Waals surface area contributed by atoms with Gasteiger partial charge in [-0.05, 0) is 48.9 Å². The van der Waals surface area contributed by atoms with Crippen LogP contribution in [0, 0.1) is 6.92 Å². The van der Waals surface area contributed by atoms with E-state index in [1.165, 1.54) is 36.4 Å². The number of phenols is 2. The number of carbonyl (C=O) groups is 2. The summed E-state index contributed by atoms with van der Waals surface area (Å²) < 4.78 is 11.8. The first-order chi connectivity index (χ1) is 13.8. The van der Waals surface area contributed by atoms with Crippen LogP contribution < -0.4 is 4.74 Å². The van der Waals surface area contributed by atoms with Gasteiger partial charge in [-0.1, -0.05) is 0 Å². The predicted octanol–water partition coefficient (Wildman–Crippen LogP) is 3.67. The average Bonchev–Trinajstić information content (AvgIpc) is 2.95. The van der Waals surface area contributed by atoms with E-state index in [9.17, 15) is 24.9 Å². The van der Waals surface area contributed by atoms with Gasteiger partial charge in [0.2, 0.25) is 0 Å². The second kappa shape index (κ2) is 5.51. The smallest absolute Gasteiger partial charge is 0.340 e. The van der Waals surface area contributed by atoms with E-state index in [4.69, 9.17) is 9.47 Å². The first-order valence-corrected chi connectivity index (χ1v) is 8.78. The van der Waals surface area contributed by atoms with Gasteiger partial charge >= 0.3 is 11.9 Å². The lowest BCUT2D eigenvalue weighted by Gasteiger charge is -2.36. The van der Waals surface area contributed by atoms with Crippen molar-refractivity contribution < 1.29 is 34.4 Å². The van der Waals surface area contributed by atoms with Gasteiger partial charge in [0, 0.05) is 28.8 Å². The number of aromatic hydroxyl groups is 2. The molecule has 0 fully saturated rings. The monoisotopic (exact) mass is 390 g/mol. The largest absolute Gasteiger partial charge is 0.508 e. The fourth-order valence-electron chi connectivity index (χ4n) is 4.14. The highest BCUT2D eigenvalue weighted by Crippen LogP contribution is 2.57. The van der Waals surface area contributed by atoms with Crippen molar-refractivity contribution in [3.63, 3.8) is 0 Å². The van der Waals surface area contributed by atoms with E-state index in [1.54, 1.807) is 19.1 Å². The zero-order valence-corrected chi connectivity index (χ0v) is 15.1. The Morgan fingerprint density at radius 1 is 0.897 bits per heavy atom. The van der Waals surface area contributed by atoms with Gasteiger partial charge in [-0.2, -0.15) is 0 Å². The van der Waals surface area contributed by atoms with Gasteiger partial charge in [-0.3, -0.25) is 0 Å². The molecule has 2 heterocycles. The van der Waals surface area contributed by atoms with Crippen LogP contribution in [-0.2, 0) is 10.3 Å². The Hall–Kier alpha value is -4.00. The lowest BCUT2D eigenvalue weighted by molar-refractivity contribution is 0.0224. The summed E-state index contributed by atoms with van der Waals surface area (Å²) >= 11 is 0. The maximum Gasteiger partial charge on any atom is 0.340 e. The Morgan fingerprint density at radius 2 is 1.48 bits per heavy atom. The Labute approximate surface area is 164 Å². The number of hydrogen-bond donors (Lipinski definition) is 3. The fourth-order valence-corrected chi connectivity index (χ4v) is 4.14. The molecule has 0 aromatic heterocycles. The normalized spacial score (nSPS) is 15.1. The van der Waals surface area contributed by atoms with Crippen molar-refractivity contribution in [3.8, 4) is 23.0 Å². The van der Waals surface area contributed by atoms with Gasteiger partial charge in [0.15, 0.2) is 5.60 Å². The number of phenolic OH excluding ortho intramolecular Hbond substituents is 2. The molecule has 7 nitrogen and oxygen atoms in total. The number of esters is 1. The van der Waals surface area contributed by atoms with Crippen molar-refractivity contribution in [2.75, 3.05) is 0 Å². The number of carbonyl (C=O) groups excluding carboxylic acids is 1. The van der Waals surface area contributed by atoms with Gasteiger partial charge in [-0.15, -0.1) is 0 Å². The molecule has 7 heteroatoms. The van der Waals surface area contributed by atoms with Crippen LogP contribution in [0.15, 0.2) is 48.5 Å². The second-order valence-corrected chi connectivity index (χ2v) is 7.05. The number of rotatable bonds is 1. The van der Waals surface area contributed by atoms with E-state index in [2.05, 4.69) is 0 Å². The Morgan fingerprint density at radius 3 is 2.03 bits per heavy atom. The van der Waals surface area contributed by atoms with Crippen LogP contribution in [-0.4, -0.2) is 27.3 Å². The van der Waals surface area contributed by atoms with E-state index in [1.807, 2.05) is 0 Å². The van der Waals surface area contributed by atoms with Crippen LogP contribution in [0.25, 0.3) is 0 Å². The zero-order chi connectivity index (χ0) is 20.5. The molecular weight excluding hydrogens is 376 g/mol. The van der Waals surface area contributed by atoms with Crippen LogP contribution in [0.4, 0.5) is 0 Å². The highest BCUT2D eigenvalue weighted by molar-refractivity contribution is 6.00. The first kappa shape index (κ1) is 17.1. The summed E-state index contributed by atoms with van der Waals surface area (Å²) in [6, 6.07) is 11.6. The highest BCUT2D eigenvalue weighted by Gasteiger charge is 2.54. The van der Waals surface area contributed by atoms with Gasteiger partial charge < -0.3 is 24.8 Å². The maximum absolute atomic E-state index is 12.9. The minimum atomic E-state index is -1.47. The maximum atomic E-state index is 12.9. The summed E-state index contributed by atoms with van der Waals surface area (Å²) in [6.07, 6.45) is 0. The van der Waals surface area contributed by atoms with Crippen LogP contribution in [0.3, 0.4) is 0 Å². The standard InChI is InChI=1S/C22H14O7/c1-10-6-11(20(25)26)7-16-19(10)21(27)29-22(16)14-4-2-12(23)8-17(14)28-18-9-13(24)3-5-15(18)22/h2-9,23-24H,1H3,(H,25,26). The summed E-state index contributed by atoms with van der Waals surface area (Å²) in [4.78, 5) is 24.6. The number of carboxylic acids is 1. The van der Waals surface area contributed by atoms with Gasteiger partial charge in [0.1, 0.15) is 23.0 Å². The molecule has 2 aliphatic rings. The minimum Gasteiger partial charge on any atom is -0.508 e. The van der Waals surface area contributed by atoms with E-state index < -0.39 is 17.5 Å². The molecule has 1 spiro atoms. The second-order valence-electron chi connectivity index (χ2n) is 7.05. The SMILES string of the molecule is Cc1cc(C(=O)O)cc2c1C(=O)OC21c2ccc(O)cc2Oc2cc(O)ccc21. The van der Waals surface area contributed by atoms with Crippen LogP contribution >= 0.6 is 0 Å². The average molecular weight is 390 g/mol. The lowest BCUT2D eigenvalue weighted by atomic mass is 9.76. The molecule has 144 valence electrons. The Balaban J connectivity index is 1.93. The van der Waals surface area contributed by atoms with Gasteiger partial charge in [0.05, 0.1) is 11.1 Å². The zero-order valence-electron chi connectivity index (χ0n) is 15.1. The molecule has 0 saturated carbocycles. The third kappa shape index (κ3) is 2.18. The minimum absolute atomic E-state index is 0.0195. The summed E-state index contributed by atoms with van der Waals surface area (Å²) in [6.45, 7) is 1.65.